The molecule has 2 aromatic rings. The van der Waals surface area contributed by atoms with E-state index in [1.165, 1.54) is 11.1 Å². The zero-order valence-corrected chi connectivity index (χ0v) is 10.0. The molecule has 0 N–H and O–H groups in total. The summed E-state index contributed by atoms with van der Waals surface area (Å²) in [6.45, 7) is 0. The Bertz CT molecular complexity index is 377. The Labute approximate surface area is 97.3 Å². The molecule has 0 aromatic carbocycles. The summed E-state index contributed by atoms with van der Waals surface area (Å²) in [5.74, 6) is 0. The summed E-state index contributed by atoms with van der Waals surface area (Å²) in [5.41, 5.74) is 2.51. The van der Waals surface area contributed by atoms with Crippen LogP contribution in [-0.2, 0) is 14.1 Å². The Kier molecular flexibility index (Phi) is 3.86. The van der Waals surface area contributed by atoms with Crippen LogP contribution >= 0.6 is 13.5 Å². The van der Waals surface area contributed by atoms with Gasteiger partial charge in [0, 0.05) is 24.3 Å². The first kappa shape index (κ1) is 11.7. The van der Waals surface area contributed by atoms with E-state index < -0.39 is 0 Å². The third-order valence-corrected chi connectivity index (χ3v) is 2.29. The van der Waals surface area contributed by atoms with Crippen molar-refractivity contribution in [2.45, 2.75) is 0 Å². The third-order valence-electron chi connectivity index (χ3n) is 2.29. The maximum absolute atomic E-state index is 2.12. The van der Waals surface area contributed by atoms with Crippen molar-refractivity contribution in [1.29, 1.82) is 0 Å². The van der Waals surface area contributed by atoms with Crippen molar-refractivity contribution in [2.75, 3.05) is 0 Å². The molecule has 0 amide bonds. The van der Waals surface area contributed by atoms with E-state index >= 15 is 0 Å². The van der Waals surface area contributed by atoms with Gasteiger partial charge >= 0.3 is 0 Å². The molecule has 0 aliphatic heterocycles. The Hall–Kier alpha value is -1.35. The van der Waals surface area contributed by atoms with E-state index in [9.17, 15) is 0 Å². The second-order valence-electron chi connectivity index (χ2n) is 3.50. The Morgan fingerprint density at radius 2 is 0.933 bits per heavy atom. The Balaban J connectivity index is 0.00000112. The summed E-state index contributed by atoms with van der Waals surface area (Å²) >= 11 is 0. The lowest BCUT2D eigenvalue weighted by molar-refractivity contribution is -0.671. The van der Waals surface area contributed by atoms with Crippen LogP contribution in [0.3, 0.4) is 0 Å². The lowest BCUT2D eigenvalue weighted by Gasteiger charge is -1.97. The van der Waals surface area contributed by atoms with E-state index in [0.29, 0.717) is 0 Å². The predicted octanol–water partition coefficient (Wildman–Crippen LogP) is 1.12. The minimum atomic E-state index is 0. The highest BCUT2D eigenvalue weighted by Crippen LogP contribution is 2.14. The van der Waals surface area contributed by atoms with Crippen molar-refractivity contribution in [3.63, 3.8) is 0 Å². The van der Waals surface area contributed by atoms with Gasteiger partial charge in [-0.05, 0) is 11.1 Å². The van der Waals surface area contributed by atoms with Gasteiger partial charge < -0.3 is 0 Å². The molecule has 0 aliphatic carbocycles. The zero-order valence-electron chi connectivity index (χ0n) is 9.01. The predicted molar refractivity (Wildman–Crippen MR) is 64.6 cm³/mol. The highest BCUT2D eigenvalue weighted by atomic mass is 32.1. The zero-order chi connectivity index (χ0) is 9.97. The van der Waals surface area contributed by atoms with Crippen LogP contribution in [0.1, 0.15) is 0 Å². The summed E-state index contributed by atoms with van der Waals surface area (Å²) in [4.78, 5) is 0. The maximum atomic E-state index is 2.12. The molecule has 15 heavy (non-hydrogen) atoms. The van der Waals surface area contributed by atoms with Crippen molar-refractivity contribution in [2.24, 2.45) is 14.1 Å². The quantitative estimate of drug-likeness (QED) is 0.636. The monoisotopic (exact) mass is 220 g/mol. The van der Waals surface area contributed by atoms with Crippen molar-refractivity contribution in [1.82, 2.24) is 0 Å². The van der Waals surface area contributed by atoms with Crippen LogP contribution in [0.4, 0.5) is 0 Å². The van der Waals surface area contributed by atoms with E-state index in [4.69, 9.17) is 0 Å². The van der Waals surface area contributed by atoms with Gasteiger partial charge in [-0.15, -0.1) is 0 Å². The molecule has 0 saturated heterocycles. The van der Waals surface area contributed by atoms with Crippen LogP contribution in [0.15, 0.2) is 49.1 Å². The van der Waals surface area contributed by atoms with Crippen molar-refractivity contribution < 1.29 is 9.13 Å². The lowest BCUT2D eigenvalue weighted by Crippen LogP contribution is -2.26. The molecule has 3 heteroatoms. The van der Waals surface area contributed by atoms with E-state index in [2.05, 4.69) is 49.1 Å². The normalized spacial score (nSPS) is 9.47. The fourth-order valence-electron chi connectivity index (χ4n) is 1.39. The molecule has 0 radical (unpaired) electrons. The average molecular weight is 220 g/mol. The first-order chi connectivity index (χ1) is 6.75. The molecule has 0 spiro atoms. The number of pyridine rings is 2. The van der Waals surface area contributed by atoms with Crippen LogP contribution in [0, 0.1) is 0 Å². The number of hydrogen-bond donors (Lipinski definition) is 0. The second kappa shape index (κ2) is 4.94. The van der Waals surface area contributed by atoms with E-state index in [1.54, 1.807) is 0 Å². The van der Waals surface area contributed by atoms with Gasteiger partial charge in [-0.1, -0.05) is 0 Å². The highest BCUT2D eigenvalue weighted by molar-refractivity contribution is 7.59. The second-order valence-corrected chi connectivity index (χ2v) is 3.50. The van der Waals surface area contributed by atoms with Crippen LogP contribution in [-0.4, -0.2) is 0 Å². The van der Waals surface area contributed by atoms with Crippen LogP contribution < -0.4 is 9.13 Å². The summed E-state index contributed by atoms with van der Waals surface area (Å²) in [6.07, 6.45) is 8.23. The maximum Gasteiger partial charge on any atom is 0.169 e. The van der Waals surface area contributed by atoms with Gasteiger partial charge in [0.1, 0.15) is 14.1 Å². The van der Waals surface area contributed by atoms with E-state index in [0.717, 1.165) is 0 Å². The van der Waals surface area contributed by atoms with Gasteiger partial charge in [0.15, 0.2) is 24.8 Å². The highest BCUT2D eigenvalue weighted by Gasteiger charge is 2.00. The SMILES string of the molecule is C[n+]1ccc(-c2cc[n+](C)cc2)cc1.S. The Morgan fingerprint density at radius 3 is 1.20 bits per heavy atom. The van der Waals surface area contributed by atoms with Crippen molar-refractivity contribution in [3.8, 4) is 11.1 Å². The smallest absolute Gasteiger partial charge is 0.169 e. The molecule has 0 saturated carbocycles. The van der Waals surface area contributed by atoms with Gasteiger partial charge in [-0.2, -0.15) is 13.5 Å². The molecular weight excluding hydrogens is 204 g/mol. The first-order valence-electron chi connectivity index (χ1n) is 4.67. The van der Waals surface area contributed by atoms with Gasteiger partial charge in [-0.25, -0.2) is 9.13 Å². The lowest BCUT2D eigenvalue weighted by atomic mass is 10.1. The molecule has 0 unspecified atom stereocenters. The molecule has 2 heterocycles. The van der Waals surface area contributed by atoms with E-state index in [1.807, 2.05) is 23.2 Å². The number of hydrogen-bond acceptors (Lipinski definition) is 0. The third kappa shape index (κ3) is 2.80. The molecule has 0 atom stereocenters. The molecule has 0 bridgehead atoms. The summed E-state index contributed by atoms with van der Waals surface area (Å²) in [5, 5.41) is 0. The molecule has 2 aromatic heterocycles. The van der Waals surface area contributed by atoms with Crippen LogP contribution in [0.5, 0.6) is 0 Å². The minimum Gasteiger partial charge on any atom is -0.208 e. The number of aromatic nitrogens is 2. The molecule has 0 fully saturated rings. The first-order valence-corrected chi connectivity index (χ1v) is 4.67. The minimum absolute atomic E-state index is 0. The van der Waals surface area contributed by atoms with Gasteiger partial charge in [0.05, 0.1) is 0 Å². The van der Waals surface area contributed by atoms with Crippen LogP contribution in [0.2, 0.25) is 0 Å². The molecule has 2 nitrogen and oxygen atoms in total. The Morgan fingerprint density at radius 1 is 0.667 bits per heavy atom. The summed E-state index contributed by atoms with van der Waals surface area (Å²) in [7, 11) is 4.05. The number of rotatable bonds is 1. The number of aryl methyl sites for hydroxylation is 2. The van der Waals surface area contributed by atoms with Gasteiger partial charge in [0.2, 0.25) is 0 Å². The topological polar surface area (TPSA) is 7.76 Å². The van der Waals surface area contributed by atoms with Gasteiger partial charge in [-0.3, -0.25) is 0 Å². The fourth-order valence-corrected chi connectivity index (χ4v) is 1.39. The molecule has 2 rings (SSSR count). The average Bonchev–Trinajstić information content (AvgIpc) is 2.21. The van der Waals surface area contributed by atoms with Crippen LogP contribution in [0.25, 0.3) is 11.1 Å². The summed E-state index contributed by atoms with van der Waals surface area (Å²) < 4.78 is 4.07. The molecular formula is C12H16N2S+2. The number of nitrogens with zero attached hydrogens (tertiary/aromatic N) is 2. The fraction of sp³-hybridized carbons (Fsp3) is 0.167. The largest absolute Gasteiger partial charge is 0.208 e. The molecule has 0 aliphatic rings. The van der Waals surface area contributed by atoms with E-state index in [-0.39, 0.29) is 13.5 Å². The standard InChI is InChI=1S/C12H14N2.H2S/c1-13-7-3-11(4-8-13)12-5-9-14(2)10-6-12;/h3-10H,1-2H3;1H2/q+2;. The summed E-state index contributed by atoms with van der Waals surface area (Å²) in [6, 6.07) is 8.48. The molecule has 78 valence electrons. The van der Waals surface area contributed by atoms with Crippen molar-refractivity contribution in [3.05, 3.63) is 49.1 Å². The van der Waals surface area contributed by atoms with Crippen molar-refractivity contribution >= 4 is 13.5 Å². The van der Waals surface area contributed by atoms with Gasteiger partial charge in [0.25, 0.3) is 0 Å².